The molecule has 0 aliphatic carbocycles. The lowest BCUT2D eigenvalue weighted by Crippen LogP contribution is -2.56. The molecular weight excluding hydrogens is 262 g/mol. The van der Waals surface area contributed by atoms with Crippen LogP contribution in [0.3, 0.4) is 0 Å². The first-order chi connectivity index (χ1) is 9.59. The van der Waals surface area contributed by atoms with Gasteiger partial charge in [-0.05, 0) is 5.56 Å². The Morgan fingerprint density at radius 2 is 2.10 bits per heavy atom. The summed E-state index contributed by atoms with van der Waals surface area (Å²) in [5, 5.41) is 11.9. The second-order valence-electron chi connectivity index (χ2n) is 4.71. The summed E-state index contributed by atoms with van der Waals surface area (Å²) in [5.74, 6) is -1.57. The fourth-order valence-corrected chi connectivity index (χ4v) is 2.21. The van der Waals surface area contributed by atoms with E-state index in [4.69, 9.17) is 9.47 Å². The monoisotopic (exact) mass is 279 g/mol. The predicted octanol–water partition coefficient (Wildman–Crippen LogP) is 0.734. The number of hydrogen-bond donors (Lipinski definition) is 2. The highest BCUT2D eigenvalue weighted by Gasteiger charge is 2.45. The quantitative estimate of drug-likeness (QED) is 0.830. The Bertz CT molecular complexity index is 482. The Labute approximate surface area is 116 Å². The SMILES string of the molecule is COC(C(=O)NC1(C(=O)O)CCOC1)c1ccccc1. The third kappa shape index (κ3) is 2.81. The van der Waals surface area contributed by atoms with Crippen LogP contribution < -0.4 is 5.32 Å². The highest BCUT2D eigenvalue weighted by Crippen LogP contribution is 2.22. The summed E-state index contributed by atoms with van der Waals surface area (Å²) < 4.78 is 10.3. The minimum absolute atomic E-state index is 0.0285. The highest BCUT2D eigenvalue weighted by atomic mass is 16.5. The molecule has 0 saturated carbocycles. The van der Waals surface area contributed by atoms with Crippen molar-refractivity contribution in [3.63, 3.8) is 0 Å². The molecule has 6 heteroatoms. The summed E-state index contributed by atoms with van der Waals surface area (Å²) in [6, 6.07) is 8.93. The largest absolute Gasteiger partial charge is 0.479 e. The van der Waals surface area contributed by atoms with Crippen molar-refractivity contribution in [2.45, 2.75) is 18.1 Å². The van der Waals surface area contributed by atoms with E-state index < -0.39 is 23.5 Å². The molecule has 6 nitrogen and oxygen atoms in total. The normalized spacial score (nSPS) is 23.2. The molecule has 2 unspecified atom stereocenters. The summed E-state index contributed by atoms with van der Waals surface area (Å²) in [6.07, 6.45) is -0.590. The summed E-state index contributed by atoms with van der Waals surface area (Å²) >= 11 is 0. The fourth-order valence-electron chi connectivity index (χ4n) is 2.21. The topological polar surface area (TPSA) is 84.9 Å². The number of carbonyl (C=O) groups excluding carboxylic acids is 1. The summed E-state index contributed by atoms with van der Waals surface area (Å²) in [4.78, 5) is 23.7. The smallest absolute Gasteiger partial charge is 0.331 e. The van der Waals surface area contributed by atoms with E-state index in [2.05, 4.69) is 5.32 Å². The van der Waals surface area contributed by atoms with E-state index in [-0.39, 0.29) is 13.0 Å². The van der Waals surface area contributed by atoms with Gasteiger partial charge in [0, 0.05) is 20.1 Å². The van der Waals surface area contributed by atoms with E-state index in [0.29, 0.717) is 12.2 Å². The standard InChI is InChI=1S/C14H17NO5/c1-19-11(10-5-3-2-4-6-10)12(16)15-14(13(17)18)7-8-20-9-14/h2-6,11H,7-9H2,1H3,(H,15,16)(H,17,18). The number of carboxylic acids is 1. The molecule has 108 valence electrons. The number of nitrogens with one attached hydrogen (secondary N) is 1. The van der Waals surface area contributed by atoms with Crippen LogP contribution in [0.15, 0.2) is 30.3 Å². The van der Waals surface area contributed by atoms with Gasteiger partial charge in [-0.2, -0.15) is 0 Å². The first-order valence-electron chi connectivity index (χ1n) is 6.30. The van der Waals surface area contributed by atoms with Crippen LogP contribution in [-0.2, 0) is 19.1 Å². The number of amides is 1. The van der Waals surface area contributed by atoms with Crippen LogP contribution in [0.5, 0.6) is 0 Å². The van der Waals surface area contributed by atoms with Gasteiger partial charge in [0.1, 0.15) is 0 Å². The van der Waals surface area contributed by atoms with Crippen LogP contribution >= 0.6 is 0 Å². The Kier molecular flexibility index (Phi) is 4.36. The molecular formula is C14H17NO5. The van der Waals surface area contributed by atoms with Crippen molar-refractivity contribution in [2.24, 2.45) is 0 Å². The maximum Gasteiger partial charge on any atom is 0.331 e. The molecule has 1 amide bonds. The van der Waals surface area contributed by atoms with Gasteiger partial charge in [0.15, 0.2) is 11.6 Å². The van der Waals surface area contributed by atoms with E-state index in [9.17, 15) is 14.7 Å². The van der Waals surface area contributed by atoms with E-state index >= 15 is 0 Å². The van der Waals surface area contributed by atoms with Crippen molar-refractivity contribution >= 4 is 11.9 Å². The Balaban J connectivity index is 2.15. The van der Waals surface area contributed by atoms with Crippen molar-refractivity contribution in [2.75, 3.05) is 20.3 Å². The zero-order valence-electron chi connectivity index (χ0n) is 11.2. The molecule has 1 aliphatic heterocycles. The van der Waals surface area contributed by atoms with Crippen LogP contribution in [-0.4, -0.2) is 42.8 Å². The zero-order chi connectivity index (χ0) is 14.6. The number of benzene rings is 1. The van der Waals surface area contributed by atoms with Crippen LogP contribution in [0.4, 0.5) is 0 Å². The summed E-state index contributed by atoms with van der Waals surface area (Å²) in [5.41, 5.74) is -0.685. The highest BCUT2D eigenvalue weighted by molar-refractivity contribution is 5.90. The number of hydrogen-bond acceptors (Lipinski definition) is 4. The molecule has 1 heterocycles. The second kappa shape index (κ2) is 6.02. The van der Waals surface area contributed by atoms with Crippen LogP contribution in [0, 0.1) is 0 Å². The molecule has 0 aromatic heterocycles. The minimum atomic E-state index is -1.36. The van der Waals surface area contributed by atoms with E-state index in [1.807, 2.05) is 6.07 Å². The van der Waals surface area contributed by atoms with Gasteiger partial charge in [0.05, 0.1) is 6.61 Å². The number of carbonyl (C=O) groups is 2. The average molecular weight is 279 g/mol. The third-order valence-electron chi connectivity index (χ3n) is 3.37. The van der Waals surface area contributed by atoms with Crippen molar-refractivity contribution < 1.29 is 24.2 Å². The Morgan fingerprint density at radius 1 is 1.40 bits per heavy atom. The van der Waals surface area contributed by atoms with Crippen molar-refractivity contribution in [3.05, 3.63) is 35.9 Å². The molecule has 2 N–H and O–H groups in total. The van der Waals surface area contributed by atoms with E-state index in [1.54, 1.807) is 24.3 Å². The van der Waals surface area contributed by atoms with Crippen molar-refractivity contribution in [1.82, 2.24) is 5.32 Å². The summed E-state index contributed by atoms with van der Waals surface area (Å²) in [7, 11) is 1.41. The number of carboxylic acid groups (broad SMARTS) is 1. The van der Waals surface area contributed by atoms with E-state index in [0.717, 1.165) is 0 Å². The second-order valence-corrected chi connectivity index (χ2v) is 4.71. The molecule has 0 spiro atoms. The Hall–Kier alpha value is -1.92. The van der Waals surface area contributed by atoms with Gasteiger partial charge in [-0.3, -0.25) is 4.79 Å². The lowest BCUT2D eigenvalue weighted by molar-refractivity contribution is -0.149. The molecule has 0 radical (unpaired) electrons. The van der Waals surface area contributed by atoms with Gasteiger partial charge in [0.2, 0.25) is 0 Å². The van der Waals surface area contributed by atoms with Crippen molar-refractivity contribution in [3.8, 4) is 0 Å². The summed E-state index contributed by atoms with van der Waals surface area (Å²) in [6.45, 7) is 0.287. The molecule has 1 saturated heterocycles. The molecule has 1 aromatic rings. The Morgan fingerprint density at radius 3 is 2.60 bits per heavy atom. The van der Waals surface area contributed by atoms with Gasteiger partial charge < -0.3 is 19.9 Å². The number of methoxy groups -OCH3 is 1. The lowest BCUT2D eigenvalue weighted by atomic mass is 9.98. The third-order valence-corrected chi connectivity index (χ3v) is 3.37. The molecule has 1 aromatic carbocycles. The van der Waals surface area contributed by atoms with Gasteiger partial charge >= 0.3 is 5.97 Å². The van der Waals surface area contributed by atoms with Crippen LogP contribution in [0.2, 0.25) is 0 Å². The predicted molar refractivity (Wildman–Crippen MR) is 70.1 cm³/mol. The molecule has 0 bridgehead atoms. The van der Waals surface area contributed by atoms with Gasteiger partial charge in [-0.15, -0.1) is 0 Å². The van der Waals surface area contributed by atoms with E-state index in [1.165, 1.54) is 7.11 Å². The first-order valence-corrected chi connectivity index (χ1v) is 6.30. The minimum Gasteiger partial charge on any atom is -0.479 e. The van der Waals surface area contributed by atoms with Gasteiger partial charge in [0.25, 0.3) is 5.91 Å². The molecule has 20 heavy (non-hydrogen) atoms. The molecule has 1 fully saturated rings. The lowest BCUT2D eigenvalue weighted by Gasteiger charge is -2.26. The number of ether oxygens (including phenoxy) is 2. The average Bonchev–Trinajstić information content (AvgIpc) is 2.90. The molecule has 2 rings (SSSR count). The number of aliphatic carboxylic acids is 1. The van der Waals surface area contributed by atoms with Gasteiger partial charge in [-0.25, -0.2) is 4.79 Å². The first kappa shape index (κ1) is 14.5. The van der Waals surface area contributed by atoms with Gasteiger partial charge in [-0.1, -0.05) is 30.3 Å². The maximum atomic E-state index is 12.3. The zero-order valence-corrected chi connectivity index (χ0v) is 11.2. The maximum absolute atomic E-state index is 12.3. The molecule has 2 atom stereocenters. The fraction of sp³-hybridized carbons (Fsp3) is 0.429. The van der Waals surface area contributed by atoms with Crippen molar-refractivity contribution in [1.29, 1.82) is 0 Å². The van der Waals surface area contributed by atoms with Crippen LogP contribution in [0.25, 0.3) is 0 Å². The molecule has 1 aliphatic rings. The van der Waals surface area contributed by atoms with Crippen LogP contribution in [0.1, 0.15) is 18.1 Å². The number of rotatable bonds is 5.